The van der Waals surface area contributed by atoms with Gasteiger partial charge in [-0.3, -0.25) is 0 Å². The normalized spacial score (nSPS) is 13.1. The van der Waals surface area contributed by atoms with Crippen LogP contribution in [-0.2, 0) is 14.6 Å². The zero-order chi connectivity index (χ0) is 13.1. The monoisotopic (exact) mass is 256 g/mol. The maximum absolute atomic E-state index is 11.5. The minimum atomic E-state index is -3.29. The first-order valence-corrected chi connectivity index (χ1v) is 7.11. The number of hydrogen-bond donors (Lipinski definition) is 0. The molecule has 94 valence electrons. The Morgan fingerprint density at radius 1 is 1.41 bits per heavy atom. The minimum Gasteiger partial charge on any atom is -0.495 e. The molecule has 17 heavy (non-hydrogen) atoms. The van der Waals surface area contributed by atoms with Crippen LogP contribution in [0, 0.1) is 0 Å². The summed E-state index contributed by atoms with van der Waals surface area (Å²) in [5, 5.41) is 0. The second-order valence-electron chi connectivity index (χ2n) is 3.99. The molecule has 1 aromatic carbocycles. The molecule has 0 bridgehead atoms. The molecule has 0 fully saturated rings. The summed E-state index contributed by atoms with van der Waals surface area (Å²) >= 11 is 0. The summed E-state index contributed by atoms with van der Waals surface area (Å²) in [6, 6.07) is 4.91. The van der Waals surface area contributed by atoms with Gasteiger partial charge < -0.3 is 9.53 Å². The SMILES string of the molecule is COc1cc(C(C)CC=O)ccc1S(C)(=O)=O. The van der Waals surface area contributed by atoms with E-state index in [0.29, 0.717) is 12.2 Å². The highest BCUT2D eigenvalue weighted by Crippen LogP contribution is 2.29. The van der Waals surface area contributed by atoms with Gasteiger partial charge in [0.15, 0.2) is 9.84 Å². The van der Waals surface area contributed by atoms with E-state index >= 15 is 0 Å². The third-order valence-electron chi connectivity index (χ3n) is 2.61. The number of benzene rings is 1. The van der Waals surface area contributed by atoms with Gasteiger partial charge in [0.05, 0.1) is 7.11 Å². The predicted molar refractivity (Wildman–Crippen MR) is 65.2 cm³/mol. The molecule has 5 heteroatoms. The number of methoxy groups -OCH3 is 1. The molecule has 0 aliphatic heterocycles. The fourth-order valence-corrected chi connectivity index (χ4v) is 2.40. The summed E-state index contributed by atoms with van der Waals surface area (Å²) in [4.78, 5) is 10.6. The van der Waals surface area contributed by atoms with Gasteiger partial charge in [-0.05, 0) is 23.6 Å². The molecule has 0 saturated heterocycles. The molecule has 4 nitrogen and oxygen atoms in total. The summed E-state index contributed by atoms with van der Waals surface area (Å²) in [5.74, 6) is 0.373. The van der Waals surface area contributed by atoms with Crippen molar-refractivity contribution in [2.24, 2.45) is 0 Å². The van der Waals surface area contributed by atoms with Crippen molar-refractivity contribution in [1.82, 2.24) is 0 Å². The van der Waals surface area contributed by atoms with E-state index in [1.807, 2.05) is 6.92 Å². The molecule has 0 N–H and O–H groups in total. The highest BCUT2D eigenvalue weighted by Gasteiger charge is 2.16. The maximum Gasteiger partial charge on any atom is 0.179 e. The number of rotatable bonds is 5. The van der Waals surface area contributed by atoms with Gasteiger partial charge in [0, 0.05) is 12.7 Å². The smallest absolute Gasteiger partial charge is 0.179 e. The molecule has 0 radical (unpaired) electrons. The number of carbonyl (C=O) groups is 1. The first-order valence-electron chi connectivity index (χ1n) is 5.21. The zero-order valence-corrected chi connectivity index (χ0v) is 11.0. The Morgan fingerprint density at radius 3 is 2.53 bits per heavy atom. The molecule has 1 unspecified atom stereocenters. The molecule has 0 spiro atoms. The van der Waals surface area contributed by atoms with E-state index in [1.165, 1.54) is 13.2 Å². The van der Waals surface area contributed by atoms with Crippen LogP contribution in [-0.4, -0.2) is 28.1 Å². The molecular weight excluding hydrogens is 240 g/mol. The van der Waals surface area contributed by atoms with Gasteiger partial charge in [-0.15, -0.1) is 0 Å². The van der Waals surface area contributed by atoms with Gasteiger partial charge >= 0.3 is 0 Å². The standard InChI is InChI=1S/C12H16O4S/c1-9(6-7-13)10-4-5-12(17(3,14)15)11(8-10)16-2/h4-5,7-9H,6H2,1-3H3. The number of ether oxygens (including phenoxy) is 1. The van der Waals surface area contributed by atoms with E-state index in [2.05, 4.69) is 0 Å². The maximum atomic E-state index is 11.5. The highest BCUT2D eigenvalue weighted by molar-refractivity contribution is 7.90. The molecule has 0 saturated carbocycles. The van der Waals surface area contributed by atoms with Gasteiger partial charge in [0.2, 0.25) is 0 Å². The lowest BCUT2D eigenvalue weighted by Gasteiger charge is -2.12. The van der Waals surface area contributed by atoms with Crippen molar-refractivity contribution in [2.45, 2.75) is 24.2 Å². The molecule has 0 amide bonds. The second kappa shape index (κ2) is 5.31. The van der Waals surface area contributed by atoms with Crippen molar-refractivity contribution in [3.05, 3.63) is 23.8 Å². The fourth-order valence-electron chi connectivity index (χ4n) is 1.58. The molecule has 0 heterocycles. The van der Waals surface area contributed by atoms with Crippen LogP contribution in [0.3, 0.4) is 0 Å². The zero-order valence-electron chi connectivity index (χ0n) is 10.1. The molecular formula is C12H16O4S. The second-order valence-corrected chi connectivity index (χ2v) is 5.97. The van der Waals surface area contributed by atoms with Crippen LogP contribution in [0.15, 0.2) is 23.1 Å². The molecule has 0 aromatic heterocycles. The quantitative estimate of drug-likeness (QED) is 0.754. The van der Waals surface area contributed by atoms with Gasteiger partial charge in [-0.25, -0.2) is 8.42 Å². The van der Waals surface area contributed by atoms with Crippen LogP contribution in [0.5, 0.6) is 5.75 Å². The minimum absolute atomic E-state index is 0.0509. The molecule has 1 aromatic rings. The van der Waals surface area contributed by atoms with Crippen LogP contribution in [0.4, 0.5) is 0 Å². The van der Waals surface area contributed by atoms with E-state index in [-0.39, 0.29) is 10.8 Å². The van der Waals surface area contributed by atoms with Crippen molar-refractivity contribution in [2.75, 3.05) is 13.4 Å². The first-order chi connectivity index (χ1) is 7.90. The number of aldehydes is 1. The highest BCUT2D eigenvalue weighted by atomic mass is 32.2. The summed E-state index contributed by atoms with van der Waals surface area (Å²) in [7, 11) is -1.87. The Labute approximate surface area is 102 Å². The van der Waals surface area contributed by atoms with Crippen LogP contribution in [0.25, 0.3) is 0 Å². The third kappa shape index (κ3) is 3.30. The Bertz CT molecular complexity index is 505. The lowest BCUT2D eigenvalue weighted by molar-refractivity contribution is -0.108. The van der Waals surface area contributed by atoms with Crippen molar-refractivity contribution in [3.8, 4) is 5.75 Å². The molecule has 0 aliphatic rings. The molecule has 1 rings (SSSR count). The van der Waals surface area contributed by atoms with Gasteiger partial charge in [0.25, 0.3) is 0 Å². The number of hydrogen-bond acceptors (Lipinski definition) is 4. The molecule has 0 aliphatic carbocycles. The topological polar surface area (TPSA) is 60.4 Å². The van der Waals surface area contributed by atoms with Crippen molar-refractivity contribution in [1.29, 1.82) is 0 Å². The third-order valence-corrected chi connectivity index (χ3v) is 3.74. The Kier molecular flexibility index (Phi) is 4.28. The van der Waals surface area contributed by atoms with Crippen molar-refractivity contribution in [3.63, 3.8) is 0 Å². The van der Waals surface area contributed by atoms with Crippen molar-refractivity contribution >= 4 is 16.1 Å². The van der Waals surface area contributed by atoms with Crippen LogP contribution in [0.1, 0.15) is 24.8 Å². The predicted octanol–water partition coefficient (Wildman–Crippen LogP) is 1.79. The number of carbonyl (C=O) groups excluding carboxylic acids is 1. The van der Waals surface area contributed by atoms with Crippen LogP contribution in [0.2, 0.25) is 0 Å². The summed E-state index contributed by atoms with van der Waals surface area (Å²) in [5.41, 5.74) is 0.890. The van der Waals surface area contributed by atoms with E-state index in [9.17, 15) is 13.2 Å². The van der Waals surface area contributed by atoms with Gasteiger partial charge in [-0.1, -0.05) is 13.0 Å². The Hall–Kier alpha value is -1.36. The lowest BCUT2D eigenvalue weighted by atomic mass is 9.98. The van der Waals surface area contributed by atoms with Gasteiger partial charge in [0.1, 0.15) is 16.9 Å². The van der Waals surface area contributed by atoms with Crippen LogP contribution < -0.4 is 4.74 Å². The fraction of sp³-hybridized carbons (Fsp3) is 0.417. The van der Waals surface area contributed by atoms with Gasteiger partial charge in [-0.2, -0.15) is 0 Å². The largest absolute Gasteiger partial charge is 0.495 e. The summed E-state index contributed by atoms with van der Waals surface area (Å²) < 4.78 is 28.0. The van der Waals surface area contributed by atoms with E-state index in [1.54, 1.807) is 12.1 Å². The summed E-state index contributed by atoms with van der Waals surface area (Å²) in [6.07, 6.45) is 2.39. The van der Waals surface area contributed by atoms with E-state index < -0.39 is 9.84 Å². The van der Waals surface area contributed by atoms with E-state index in [0.717, 1.165) is 18.1 Å². The molecule has 1 atom stereocenters. The lowest BCUT2D eigenvalue weighted by Crippen LogP contribution is -2.03. The van der Waals surface area contributed by atoms with E-state index in [4.69, 9.17) is 4.74 Å². The average Bonchev–Trinajstić information content (AvgIpc) is 2.27. The first kappa shape index (κ1) is 13.7. The Balaban J connectivity index is 3.22. The average molecular weight is 256 g/mol. The number of sulfone groups is 1. The van der Waals surface area contributed by atoms with Crippen molar-refractivity contribution < 1.29 is 17.9 Å². The summed E-state index contributed by atoms with van der Waals surface area (Å²) in [6.45, 7) is 1.91. The Morgan fingerprint density at radius 2 is 2.06 bits per heavy atom. The van der Waals surface area contributed by atoms with Crippen LogP contribution >= 0.6 is 0 Å².